The van der Waals surface area contributed by atoms with Gasteiger partial charge in [-0.05, 0) is 51.5 Å². The average molecular weight is 412 g/mol. The summed E-state index contributed by atoms with van der Waals surface area (Å²) < 4.78 is 1.64. The van der Waals surface area contributed by atoms with Gasteiger partial charge in [0.15, 0.2) is 11.5 Å². The summed E-state index contributed by atoms with van der Waals surface area (Å²) in [5.74, 6) is 0.337. The maximum absolute atomic E-state index is 13.0. The fourth-order valence-electron chi connectivity index (χ4n) is 2.88. The Bertz CT molecular complexity index is 1000. The lowest BCUT2D eigenvalue weighted by molar-refractivity contribution is 0.103. The molecule has 5 N–H and O–H groups in total. The molecule has 0 aliphatic heterocycles. The van der Waals surface area contributed by atoms with Gasteiger partial charge in [-0.3, -0.25) is 4.79 Å². The number of nitrogens with two attached hydrogens (primary N) is 2. The Hall–Kier alpha value is -2.83. The lowest BCUT2D eigenvalue weighted by Crippen LogP contribution is -2.34. The molecular weight excluding hydrogens is 386 g/mol. The highest BCUT2D eigenvalue weighted by atomic mass is 35.5. The second-order valence-corrected chi connectivity index (χ2v) is 8.30. The van der Waals surface area contributed by atoms with Crippen LogP contribution in [0.25, 0.3) is 5.69 Å². The smallest absolute Gasteiger partial charge is 0.215 e. The van der Waals surface area contributed by atoms with Crippen molar-refractivity contribution >= 4 is 28.9 Å². The van der Waals surface area contributed by atoms with Gasteiger partial charge in [0.1, 0.15) is 5.69 Å². The molecule has 0 aliphatic rings. The standard InChI is InChI=1S/C22H26ClN5O/c1-14-4-6-15(7-5-14)20(29)19-18(24)21(26-13-12-22(2,3)25)28(27-19)17-10-8-16(23)9-11-17/h4-11,26H,12-13,24-25H2,1-3H3. The van der Waals surface area contributed by atoms with E-state index in [4.69, 9.17) is 23.1 Å². The molecule has 6 nitrogen and oxygen atoms in total. The highest BCUT2D eigenvalue weighted by Gasteiger charge is 2.23. The number of hydrogen-bond donors (Lipinski definition) is 3. The van der Waals surface area contributed by atoms with Crippen LogP contribution in [0.5, 0.6) is 0 Å². The van der Waals surface area contributed by atoms with Crippen molar-refractivity contribution in [2.75, 3.05) is 17.6 Å². The number of benzene rings is 2. The van der Waals surface area contributed by atoms with Crippen LogP contribution >= 0.6 is 11.6 Å². The quantitative estimate of drug-likeness (QED) is 0.506. The Balaban J connectivity index is 2.01. The van der Waals surface area contributed by atoms with Crippen molar-refractivity contribution in [3.63, 3.8) is 0 Å². The fraction of sp³-hybridized carbons (Fsp3) is 0.273. The average Bonchev–Trinajstić information content (AvgIpc) is 2.98. The number of carbonyl (C=O) groups excluding carboxylic acids is 1. The summed E-state index contributed by atoms with van der Waals surface area (Å²) in [6.07, 6.45) is 0.722. The molecule has 0 aliphatic carbocycles. The number of ketones is 1. The van der Waals surface area contributed by atoms with Crippen molar-refractivity contribution < 1.29 is 4.79 Å². The van der Waals surface area contributed by atoms with Crippen LogP contribution < -0.4 is 16.8 Å². The summed E-state index contributed by atoms with van der Waals surface area (Å²) in [7, 11) is 0. The Kier molecular flexibility index (Phi) is 5.96. The first-order chi connectivity index (χ1) is 13.7. The van der Waals surface area contributed by atoms with Crippen LogP contribution in [0, 0.1) is 6.92 Å². The summed E-state index contributed by atoms with van der Waals surface area (Å²) in [6, 6.07) is 14.5. The van der Waals surface area contributed by atoms with E-state index in [0.717, 1.165) is 17.7 Å². The van der Waals surface area contributed by atoms with Gasteiger partial charge in [0.2, 0.25) is 5.78 Å². The monoisotopic (exact) mass is 411 g/mol. The molecule has 0 radical (unpaired) electrons. The highest BCUT2D eigenvalue weighted by Crippen LogP contribution is 2.29. The lowest BCUT2D eigenvalue weighted by Gasteiger charge is -2.19. The predicted molar refractivity (Wildman–Crippen MR) is 119 cm³/mol. The summed E-state index contributed by atoms with van der Waals surface area (Å²) in [5, 5.41) is 8.44. The fourth-order valence-corrected chi connectivity index (χ4v) is 3.01. The van der Waals surface area contributed by atoms with E-state index in [-0.39, 0.29) is 17.0 Å². The van der Waals surface area contributed by atoms with Gasteiger partial charge in [-0.25, -0.2) is 4.68 Å². The molecule has 0 amide bonds. The van der Waals surface area contributed by atoms with Crippen LogP contribution in [0.2, 0.25) is 5.02 Å². The third kappa shape index (κ3) is 4.96. The molecule has 0 saturated carbocycles. The van der Waals surface area contributed by atoms with E-state index in [1.807, 2.05) is 45.0 Å². The molecule has 7 heteroatoms. The van der Waals surface area contributed by atoms with E-state index in [2.05, 4.69) is 10.4 Å². The largest absolute Gasteiger partial charge is 0.394 e. The molecule has 3 rings (SSSR count). The summed E-state index contributed by atoms with van der Waals surface area (Å²) in [5.41, 5.74) is 15.0. The SMILES string of the molecule is Cc1ccc(C(=O)c2nn(-c3ccc(Cl)cc3)c(NCCC(C)(C)N)c2N)cc1. The van der Waals surface area contributed by atoms with Gasteiger partial charge in [-0.2, -0.15) is 5.10 Å². The molecule has 0 saturated heterocycles. The number of nitrogens with zero attached hydrogens (tertiary/aromatic N) is 2. The number of anilines is 2. The maximum Gasteiger partial charge on any atom is 0.215 e. The number of nitrogen functional groups attached to an aromatic ring is 1. The van der Waals surface area contributed by atoms with Gasteiger partial charge in [0.25, 0.3) is 0 Å². The van der Waals surface area contributed by atoms with Crippen LogP contribution in [0.3, 0.4) is 0 Å². The van der Waals surface area contributed by atoms with E-state index in [1.54, 1.807) is 28.9 Å². The number of halogens is 1. The zero-order valence-corrected chi connectivity index (χ0v) is 17.6. The zero-order chi connectivity index (χ0) is 21.2. The van der Waals surface area contributed by atoms with Crippen molar-refractivity contribution in [2.24, 2.45) is 5.73 Å². The minimum absolute atomic E-state index is 0.207. The van der Waals surface area contributed by atoms with Crippen molar-refractivity contribution in [3.8, 4) is 5.69 Å². The third-order valence-corrected chi connectivity index (χ3v) is 4.84. The second kappa shape index (κ2) is 8.27. The number of aromatic nitrogens is 2. The topological polar surface area (TPSA) is 99.0 Å². The highest BCUT2D eigenvalue weighted by molar-refractivity contribution is 6.30. The van der Waals surface area contributed by atoms with Crippen molar-refractivity contribution in [3.05, 3.63) is 70.4 Å². The Morgan fingerprint density at radius 3 is 2.34 bits per heavy atom. The molecule has 0 bridgehead atoms. The van der Waals surface area contributed by atoms with E-state index in [9.17, 15) is 4.79 Å². The van der Waals surface area contributed by atoms with Gasteiger partial charge < -0.3 is 16.8 Å². The molecule has 0 atom stereocenters. The number of hydrogen-bond acceptors (Lipinski definition) is 5. The maximum atomic E-state index is 13.0. The summed E-state index contributed by atoms with van der Waals surface area (Å²) in [4.78, 5) is 13.0. The van der Waals surface area contributed by atoms with E-state index in [1.165, 1.54) is 0 Å². The Morgan fingerprint density at radius 1 is 1.14 bits per heavy atom. The molecule has 0 fully saturated rings. The molecular formula is C22H26ClN5O. The molecule has 1 heterocycles. The number of aryl methyl sites for hydroxylation is 1. The lowest BCUT2D eigenvalue weighted by atomic mass is 10.0. The minimum Gasteiger partial charge on any atom is -0.394 e. The van der Waals surface area contributed by atoms with Crippen LogP contribution in [0.4, 0.5) is 11.5 Å². The molecule has 1 aromatic heterocycles. The van der Waals surface area contributed by atoms with Crippen LogP contribution in [-0.2, 0) is 0 Å². The van der Waals surface area contributed by atoms with Crippen LogP contribution in [0.1, 0.15) is 41.9 Å². The van der Waals surface area contributed by atoms with Crippen molar-refractivity contribution in [1.29, 1.82) is 0 Å². The van der Waals surface area contributed by atoms with Gasteiger partial charge in [0.05, 0.1) is 5.69 Å². The molecule has 2 aromatic carbocycles. The first-order valence-corrected chi connectivity index (χ1v) is 9.82. The number of rotatable bonds is 7. The molecule has 0 unspecified atom stereocenters. The van der Waals surface area contributed by atoms with E-state index >= 15 is 0 Å². The van der Waals surface area contributed by atoms with Crippen LogP contribution in [-0.4, -0.2) is 27.6 Å². The summed E-state index contributed by atoms with van der Waals surface area (Å²) in [6.45, 7) is 6.48. The first-order valence-electron chi connectivity index (χ1n) is 9.44. The zero-order valence-electron chi connectivity index (χ0n) is 16.9. The second-order valence-electron chi connectivity index (χ2n) is 7.86. The summed E-state index contributed by atoms with van der Waals surface area (Å²) >= 11 is 6.01. The van der Waals surface area contributed by atoms with Gasteiger partial charge >= 0.3 is 0 Å². The number of nitrogens with one attached hydrogen (secondary N) is 1. The predicted octanol–water partition coefficient (Wildman–Crippen LogP) is 4.19. The minimum atomic E-state index is -0.326. The van der Waals surface area contributed by atoms with E-state index < -0.39 is 0 Å². The van der Waals surface area contributed by atoms with Gasteiger partial charge in [-0.15, -0.1) is 0 Å². The van der Waals surface area contributed by atoms with Gasteiger partial charge in [0, 0.05) is 22.7 Å². The molecule has 0 spiro atoms. The number of carbonyl (C=O) groups is 1. The Labute approximate surface area is 175 Å². The van der Waals surface area contributed by atoms with Crippen LogP contribution in [0.15, 0.2) is 48.5 Å². The van der Waals surface area contributed by atoms with Crippen molar-refractivity contribution in [2.45, 2.75) is 32.7 Å². The Morgan fingerprint density at radius 2 is 1.76 bits per heavy atom. The molecule has 29 heavy (non-hydrogen) atoms. The van der Waals surface area contributed by atoms with Crippen molar-refractivity contribution in [1.82, 2.24) is 9.78 Å². The molecule has 152 valence electrons. The van der Waals surface area contributed by atoms with Gasteiger partial charge in [-0.1, -0.05) is 41.4 Å². The third-order valence-electron chi connectivity index (χ3n) is 4.58. The molecule has 3 aromatic rings. The first kappa shape index (κ1) is 20.9. The van der Waals surface area contributed by atoms with E-state index in [0.29, 0.717) is 28.6 Å². The normalized spacial score (nSPS) is 11.5.